The van der Waals surface area contributed by atoms with Gasteiger partial charge in [-0.05, 0) is 37.3 Å². The van der Waals surface area contributed by atoms with Crippen LogP contribution in [0.3, 0.4) is 0 Å². The molecule has 0 atom stereocenters. The van der Waals surface area contributed by atoms with Crippen LogP contribution in [0.1, 0.15) is 12.6 Å². The van der Waals surface area contributed by atoms with E-state index in [1.54, 1.807) is 52.2 Å². The zero-order valence-electron chi connectivity index (χ0n) is 17.9. The van der Waals surface area contributed by atoms with Crippen LogP contribution >= 0.6 is 0 Å². The van der Waals surface area contributed by atoms with Crippen LogP contribution in [-0.2, 0) is 13.2 Å². The van der Waals surface area contributed by atoms with Gasteiger partial charge >= 0.3 is 0 Å². The monoisotopic (exact) mass is 441 g/mol. The molecule has 33 heavy (non-hydrogen) atoms. The summed E-state index contributed by atoms with van der Waals surface area (Å²) in [5, 5.41) is 9.44. The third kappa shape index (κ3) is 4.23. The highest BCUT2D eigenvalue weighted by molar-refractivity contribution is 5.84. The maximum absolute atomic E-state index is 14.2. The molecule has 0 bridgehead atoms. The average Bonchev–Trinajstić information content (AvgIpc) is 3.33. The van der Waals surface area contributed by atoms with Gasteiger partial charge in [-0.15, -0.1) is 0 Å². The van der Waals surface area contributed by atoms with E-state index in [4.69, 9.17) is 4.74 Å². The van der Waals surface area contributed by atoms with Crippen molar-refractivity contribution in [3.63, 3.8) is 0 Å². The number of hydrogen-bond donors (Lipinski definition) is 0. The van der Waals surface area contributed by atoms with Gasteiger partial charge in [-0.3, -0.25) is 14.5 Å². The molecule has 0 saturated heterocycles. The summed E-state index contributed by atoms with van der Waals surface area (Å²) in [6, 6.07) is 15.3. The molecule has 5 aromatic rings. The molecule has 0 saturated carbocycles. The molecule has 0 amide bonds. The van der Waals surface area contributed by atoms with E-state index in [1.807, 2.05) is 31.3 Å². The molecule has 3 heterocycles. The van der Waals surface area contributed by atoms with Crippen molar-refractivity contribution in [2.24, 2.45) is 0 Å². The fraction of sp³-hybridized carbons (Fsp3) is 0.120. The molecule has 0 aliphatic heterocycles. The Labute approximate surface area is 188 Å². The molecule has 0 spiro atoms. The van der Waals surface area contributed by atoms with Gasteiger partial charge in [0.25, 0.3) is 0 Å². The van der Waals surface area contributed by atoms with Crippen LogP contribution in [0.15, 0.2) is 84.2 Å². The van der Waals surface area contributed by atoms with E-state index in [1.165, 1.54) is 12.1 Å². The SMILES string of the molecule is CCn1cc(-n2ccc(=O)c(COc3ccc4ncc(-c5ccccc5F)cc4c3)n2)cn1. The van der Waals surface area contributed by atoms with Gasteiger partial charge in [-0.25, -0.2) is 9.07 Å². The van der Waals surface area contributed by atoms with Crippen LogP contribution in [0, 0.1) is 5.82 Å². The molecule has 7 nitrogen and oxygen atoms in total. The molecule has 0 radical (unpaired) electrons. The van der Waals surface area contributed by atoms with Crippen molar-refractivity contribution in [3.05, 3.63) is 101 Å². The Morgan fingerprint density at radius 1 is 1.06 bits per heavy atom. The highest BCUT2D eigenvalue weighted by Crippen LogP contribution is 2.27. The van der Waals surface area contributed by atoms with Gasteiger partial charge in [-0.1, -0.05) is 18.2 Å². The van der Waals surface area contributed by atoms with Crippen LogP contribution in [0.2, 0.25) is 0 Å². The molecule has 8 heteroatoms. The summed E-state index contributed by atoms with van der Waals surface area (Å²) < 4.78 is 23.4. The molecule has 0 unspecified atom stereocenters. The van der Waals surface area contributed by atoms with E-state index in [2.05, 4.69) is 15.2 Å². The maximum atomic E-state index is 14.2. The first kappa shape index (κ1) is 20.6. The van der Waals surface area contributed by atoms with E-state index in [0.29, 0.717) is 16.9 Å². The predicted octanol–water partition coefficient (Wildman–Crippen LogP) is 4.38. The van der Waals surface area contributed by atoms with Crippen molar-refractivity contribution in [1.29, 1.82) is 0 Å². The summed E-state index contributed by atoms with van der Waals surface area (Å²) in [4.78, 5) is 16.7. The highest BCUT2D eigenvalue weighted by atomic mass is 19.1. The van der Waals surface area contributed by atoms with Crippen molar-refractivity contribution in [2.45, 2.75) is 20.1 Å². The summed E-state index contributed by atoms with van der Waals surface area (Å²) in [6.07, 6.45) is 6.80. The van der Waals surface area contributed by atoms with Gasteiger partial charge in [0.15, 0.2) is 0 Å². The van der Waals surface area contributed by atoms with E-state index >= 15 is 0 Å². The van der Waals surface area contributed by atoms with Crippen molar-refractivity contribution in [1.82, 2.24) is 24.5 Å². The lowest BCUT2D eigenvalue weighted by Gasteiger charge is -2.09. The van der Waals surface area contributed by atoms with Crippen LogP contribution in [-0.4, -0.2) is 24.5 Å². The Bertz CT molecular complexity index is 1510. The van der Waals surface area contributed by atoms with Gasteiger partial charge in [-0.2, -0.15) is 10.2 Å². The Balaban J connectivity index is 1.40. The average molecular weight is 441 g/mol. The first-order valence-corrected chi connectivity index (χ1v) is 10.5. The summed E-state index contributed by atoms with van der Waals surface area (Å²) >= 11 is 0. The second-order valence-corrected chi connectivity index (χ2v) is 7.47. The highest BCUT2D eigenvalue weighted by Gasteiger charge is 2.09. The number of ether oxygens (including phenoxy) is 1. The second-order valence-electron chi connectivity index (χ2n) is 7.47. The lowest BCUT2D eigenvalue weighted by atomic mass is 10.0. The molecule has 0 fully saturated rings. The quantitative estimate of drug-likeness (QED) is 0.391. The Morgan fingerprint density at radius 3 is 2.76 bits per heavy atom. The smallest absolute Gasteiger partial charge is 0.206 e. The zero-order chi connectivity index (χ0) is 22.8. The van der Waals surface area contributed by atoms with Gasteiger partial charge in [0.2, 0.25) is 5.43 Å². The third-order valence-electron chi connectivity index (χ3n) is 5.30. The minimum atomic E-state index is -0.304. The normalized spacial score (nSPS) is 11.1. The number of hydrogen-bond acceptors (Lipinski definition) is 5. The third-order valence-corrected chi connectivity index (χ3v) is 5.30. The standard InChI is InChI=1S/C25H20FN5O2/c1-2-30-15-19(14-28-30)31-10-9-25(32)24(29-31)16-33-20-7-8-23-17(12-20)11-18(13-27-23)21-5-3-4-6-22(21)26/h3-15H,2,16H2,1H3. The zero-order valence-corrected chi connectivity index (χ0v) is 17.9. The van der Waals surface area contributed by atoms with E-state index in [9.17, 15) is 9.18 Å². The predicted molar refractivity (Wildman–Crippen MR) is 123 cm³/mol. The molecular weight excluding hydrogens is 421 g/mol. The molecular formula is C25H20FN5O2. The topological polar surface area (TPSA) is 74.8 Å². The van der Waals surface area contributed by atoms with Crippen molar-refractivity contribution < 1.29 is 9.13 Å². The van der Waals surface area contributed by atoms with Crippen LogP contribution in [0.4, 0.5) is 4.39 Å². The first-order valence-electron chi connectivity index (χ1n) is 10.5. The van der Waals surface area contributed by atoms with Gasteiger partial charge < -0.3 is 4.74 Å². The van der Waals surface area contributed by atoms with Crippen LogP contribution in [0.5, 0.6) is 5.75 Å². The molecule has 5 rings (SSSR count). The second kappa shape index (κ2) is 8.66. The minimum Gasteiger partial charge on any atom is -0.487 e. The molecule has 0 aliphatic rings. The number of rotatable bonds is 6. The number of nitrogens with zero attached hydrogens (tertiary/aromatic N) is 5. The molecule has 0 N–H and O–H groups in total. The number of benzene rings is 2. The van der Waals surface area contributed by atoms with E-state index in [-0.39, 0.29) is 23.5 Å². The summed E-state index contributed by atoms with van der Waals surface area (Å²) in [6.45, 7) is 2.74. The summed E-state index contributed by atoms with van der Waals surface area (Å²) in [5.41, 5.74) is 2.75. The number of halogens is 1. The fourth-order valence-corrected chi connectivity index (χ4v) is 3.53. The first-order chi connectivity index (χ1) is 16.1. The largest absolute Gasteiger partial charge is 0.487 e. The van der Waals surface area contributed by atoms with Gasteiger partial charge in [0.1, 0.15) is 29.6 Å². The van der Waals surface area contributed by atoms with Crippen LogP contribution in [0.25, 0.3) is 27.7 Å². The lowest BCUT2D eigenvalue weighted by Crippen LogP contribution is -2.17. The maximum Gasteiger partial charge on any atom is 0.206 e. The number of aryl methyl sites for hydroxylation is 1. The van der Waals surface area contributed by atoms with Crippen molar-refractivity contribution in [2.75, 3.05) is 0 Å². The van der Waals surface area contributed by atoms with Crippen molar-refractivity contribution >= 4 is 10.9 Å². The Hall–Kier alpha value is -4.33. The molecule has 2 aromatic carbocycles. The number of pyridine rings is 1. The summed E-state index contributed by atoms with van der Waals surface area (Å²) in [5.74, 6) is 0.257. The lowest BCUT2D eigenvalue weighted by molar-refractivity contribution is 0.298. The summed E-state index contributed by atoms with van der Waals surface area (Å²) in [7, 11) is 0. The Morgan fingerprint density at radius 2 is 1.94 bits per heavy atom. The Kier molecular flexibility index (Phi) is 5.40. The van der Waals surface area contributed by atoms with Gasteiger partial charge in [0, 0.05) is 41.5 Å². The van der Waals surface area contributed by atoms with Crippen molar-refractivity contribution in [3.8, 4) is 22.6 Å². The number of aromatic nitrogens is 5. The van der Waals surface area contributed by atoms with Crippen LogP contribution < -0.4 is 10.2 Å². The van der Waals surface area contributed by atoms with E-state index in [0.717, 1.165) is 23.1 Å². The molecule has 164 valence electrons. The minimum absolute atomic E-state index is 0.00747. The number of fused-ring (bicyclic) bond motifs is 1. The van der Waals surface area contributed by atoms with E-state index < -0.39 is 0 Å². The van der Waals surface area contributed by atoms with Gasteiger partial charge in [0.05, 0.1) is 17.9 Å². The molecule has 0 aliphatic carbocycles. The molecule has 3 aromatic heterocycles. The fourth-order valence-electron chi connectivity index (χ4n) is 3.53.